The molecule has 2 N–H and O–H groups in total. The minimum atomic E-state index is 0.706. The van der Waals surface area contributed by atoms with Crippen molar-refractivity contribution in [1.29, 1.82) is 0 Å². The Bertz CT molecular complexity index is 589. The zero-order chi connectivity index (χ0) is 14.7. The van der Waals surface area contributed by atoms with Gasteiger partial charge in [0.05, 0.1) is 6.20 Å². The fourth-order valence-electron chi connectivity index (χ4n) is 3.30. The molecule has 2 aromatic heterocycles. The average Bonchev–Trinajstić information content (AvgIpc) is 2.96. The van der Waals surface area contributed by atoms with E-state index in [2.05, 4.69) is 28.0 Å². The van der Waals surface area contributed by atoms with Gasteiger partial charge in [0.2, 0.25) is 0 Å². The smallest absolute Gasteiger partial charge is 0.157 e. The van der Waals surface area contributed by atoms with E-state index in [-0.39, 0.29) is 0 Å². The van der Waals surface area contributed by atoms with Crippen LogP contribution in [0.25, 0.3) is 5.65 Å². The van der Waals surface area contributed by atoms with Crippen LogP contribution in [0, 0.1) is 5.92 Å². The van der Waals surface area contributed by atoms with Gasteiger partial charge in [-0.25, -0.2) is 4.98 Å². The summed E-state index contributed by atoms with van der Waals surface area (Å²) in [5.74, 6) is 1.90. The molecule has 5 nitrogen and oxygen atoms in total. The number of nitrogens with two attached hydrogens (primary N) is 1. The van der Waals surface area contributed by atoms with Crippen LogP contribution in [0.4, 0.5) is 5.82 Å². The molecule has 3 rings (SSSR count). The van der Waals surface area contributed by atoms with Gasteiger partial charge in [-0.05, 0) is 38.1 Å². The summed E-state index contributed by atoms with van der Waals surface area (Å²) < 4.78 is 1.98. The topological polar surface area (TPSA) is 59.5 Å². The highest BCUT2D eigenvalue weighted by Crippen LogP contribution is 2.25. The zero-order valence-corrected chi connectivity index (χ0v) is 12.8. The van der Waals surface area contributed by atoms with Gasteiger partial charge in [0.15, 0.2) is 5.65 Å². The largest absolute Gasteiger partial charge is 0.356 e. The van der Waals surface area contributed by atoms with Crippen molar-refractivity contribution in [2.45, 2.75) is 39.0 Å². The van der Waals surface area contributed by atoms with Gasteiger partial charge in [-0.2, -0.15) is 9.61 Å². The molecule has 1 unspecified atom stereocenters. The van der Waals surface area contributed by atoms with Crippen LogP contribution >= 0.6 is 0 Å². The lowest BCUT2D eigenvalue weighted by Gasteiger charge is -2.34. The van der Waals surface area contributed by atoms with Gasteiger partial charge < -0.3 is 10.6 Å². The molecule has 0 aliphatic carbocycles. The monoisotopic (exact) mass is 287 g/mol. The van der Waals surface area contributed by atoms with E-state index in [1.165, 1.54) is 24.4 Å². The molecule has 0 radical (unpaired) electrons. The molecule has 21 heavy (non-hydrogen) atoms. The van der Waals surface area contributed by atoms with Gasteiger partial charge in [0.25, 0.3) is 0 Å². The molecule has 1 aliphatic rings. The summed E-state index contributed by atoms with van der Waals surface area (Å²) in [6, 6.07) is 4.21. The maximum Gasteiger partial charge on any atom is 0.157 e. The normalized spacial score (nSPS) is 19.3. The van der Waals surface area contributed by atoms with Crippen LogP contribution in [0.1, 0.15) is 38.3 Å². The number of aryl methyl sites for hydroxylation is 1. The van der Waals surface area contributed by atoms with Crippen LogP contribution in [0.2, 0.25) is 0 Å². The molecule has 0 amide bonds. The average molecular weight is 287 g/mol. The van der Waals surface area contributed by atoms with E-state index >= 15 is 0 Å². The van der Waals surface area contributed by atoms with Crippen molar-refractivity contribution in [3.63, 3.8) is 0 Å². The molecule has 114 valence electrons. The first-order valence-corrected chi connectivity index (χ1v) is 8.10. The molecule has 0 spiro atoms. The Labute approximate surface area is 126 Å². The summed E-state index contributed by atoms with van der Waals surface area (Å²) in [7, 11) is 0. The van der Waals surface area contributed by atoms with E-state index in [9.17, 15) is 0 Å². The Hall–Kier alpha value is -1.62. The summed E-state index contributed by atoms with van der Waals surface area (Å²) in [5.41, 5.74) is 7.86. The first kappa shape index (κ1) is 14.3. The van der Waals surface area contributed by atoms with Crippen LogP contribution in [0.15, 0.2) is 18.3 Å². The maximum absolute atomic E-state index is 5.74. The van der Waals surface area contributed by atoms with Gasteiger partial charge in [-0.1, -0.05) is 13.3 Å². The van der Waals surface area contributed by atoms with Crippen molar-refractivity contribution < 1.29 is 0 Å². The van der Waals surface area contributed by atoms with Crippen molar-refractivity contribution in [3.05, 3.63) is 24.0 Å². The second-order valence-corrected chi connectivity index (χ2v) is 5.99. The Morgan fingerprint density at radius 3 is 3.14 bits per heavy atom. The number of fused-ring (bicyclic) bond motifs is 1. The summed E-state index contributed by atoms with van der Waals surface area (Å²) in [4.78, 5) is 7.15. The van der Waals surface area contributed by atoms with Gasteiger partial charge in [-0.15, -0.1) is 0 Å². The standard InChI is InChI=1S/C16H25N5/c1-2-4-14-11-16(21-15(19-14)7-9-18-21)20-10-3-5-13(12-20)6-8-17/h7,9,11,13H,2-6,8,10,12,17H2,1H3. The molecule has 1 aliphatic heterocycles. The highest BCUT2D eigenvalue weighted by molar-refractivity contribution is 5.51. The Morgan fingerprint density at radius 2 is 2.33 bits per heavy atom. The molecule has 3 heterocycles. The van der Waals surface area contributed by atoms with Gasteiger partial charge in [-0.3, -0.25) is 0 Å². The third kappa shape index (κ3) is 3.02. The zero-order valence-electron chi connectivity index (χ0n) is 12.8. The molecular weight excluding hydrogens is 262 g/mol. The van der Waals surface area contributed by atoms with Crippen molar-refractivity contribution in [2.75, 3.05) is 24.5 Å². The fourth-order valence-corrected chi connectivity index (χ4v) is 3.30. The van der Waals surface area contributed by atoms with E-state index in [1.807, 2.05) is 16.8 Å². The maximum atomic E-state index is 5.74. The van der Waals surface area contributed by atoms with Crippen LogP contribution in [-0.4, -0.2) is 34.2 Å². The van der Waals surface area contributed by atoms with Crippen molar-refractivity contribution >= 4 is 11.5 Å². The lowest BCUT2D eigenvalue weighted by molar-refractivity contribution is 0.393. The lowest BCUT2D eigenvalue weighted by atomic mass is 9.95. The van der Waals surface area contributed by atoms with Crippen LogP contribution < -0.4 is 10.6 Å². The third-order valence-electron chi connectivity index (χ3n) is 4.32. The van der Waals surface area contributed by atoms with Crippen LogP contribution in [-0.2, 0) is 6.42 Å². The van der Waals surface area contributed by atoms with Crippen LogP contribution in [0.5, 0.6) is 0 Å². The molecule has 0 aromatic carbocycles. The number of aromatic nitrogens is 3. The molecular formula is C16H25N5. The summed E-state index contributed by atoms with van der Waals surface area (Å²) in [5, 5.41) is 4.45. The molecule has 0 saturated carbocycles. The fraction of sp³-hybridized carbons (Fsp3) is 0.625. The lowest BCUT2D eigenvalue weighted by Crippen LogP contribution is -2.37. The van der Waals surface area contributed by atoms with Crippen molar-refractivity contribution in [1.82, 2.24) is 14.6 Å². The number of nitrogens with zero attached hydrogens (tertiary/aromatic N) is 4. The molecule has 1 atom stereocenters. The van der Waals surface area contributed by atoms with Gasteiger partial charge >= 0.3 is 0 Å². The van der Waals surface area contributed by atoms with E-state index in [1.54, 1.807) is 0 Å². The number of piperidine rings is 1. The minimum Gasteiger partial charge on any atom is -0.356 e. The Kier molecular flexibility index (Phi) is 4.39. The predicted molar refractivity (Wildman–Crippen MR) is 85.6 cm³/mol. The molecule has 0 bridgehead atoms. The molecule has 5 heteroatoms. The van der Waals surface area contributed by atoms with E-state index in [0.717, 1.165) is 44.5 Å². The molecule has 2 aromatic rings. The van der Waals surface area contributed by atoms with E-state index in [0.29, 0.717) is 5.92 Å². The van der Waals surface area contributed by atoms with Crippen molar-refractivity contribution in [2.24, 2.45) is 11.7 Å². The predicted octanol–water partition coefficient (Wildman–Crippen LogP) is 2.25. The Morgan fingerprint density at radius 1 is 1.43 bits per heavy atom. The summed E-state index contributed by atoms with van der Waals surface area (Å²) >= 11 is 0. The second-order valence-electron chi connectivity index (χ2n) is 5.99. The number of rotatable bonds is 5. The quantitative estimate of drug-likeness (QED) is 0.916. The van der Waals surface area contributed by atoms with E-state index in [4.69, 9.17) is 5.73 Å². The molecule has 1 saturated heterocycles. The highest BCUT2D eigenvalue weighted by Gasteiger charge is 2.22. The summed E-state index contributed by atoms with van der Waals surface area (Å²) in [6.07, 6.45) is 7.62. The minimum absolute atomic E-state index is 0.706. The summed E-state index contributed by atoms with van der Waals surface area (Å²) in [6.45, 7) is 5.17. The first-order chi connectivity index (χ1) is 10.3. The van der Waals surface area contributed by atoms with Gasteiger partial charge in [0.1, 0.15) is 5.82 Å². The SMILES string of the molecule is CCCc1cc(N2CCCC(CCN)C2)n2nccc2n1. The Balaban J connectivity index is 1.92. The van der Waals surface area contributed by atoms with E-state index < -0.39 is 0 Å². The number of hydrogen-bond acceptors (Lipinski definition) is 4. The number of anilines is 1. The molecule has 1 fully saturated rings. The van der Waals surface area contributed by atoms with Gasteiger partial charge in [0, 0.05) is 30.9 Å². The third-order valence-corrected chi connectivity index (χ3v) is 4.32. The highest BCUT2D eigenvalue weighted by atomic mass is 15.3. The van der Waals surface area contributed by atoms with Crippen molar-refractivity contribution in [3.8, 4) is 0 Å². The number of hydrogen-bond donors (Lipinski definition) is 1. The van der Waals surface area contributed by atoms with Crippen LogP contribution in [0.3, 0.4) is 0 Å². The first-order valence-electron chi connectivity index (χ1n) is 8.10. The second kappa shape index (κ2) is 6.43.